The van der Waals surface area contributed by atoms with Crippen molar-refractivity contribution in [1.29, 1.82) is 0 Å². The van der Waals surface area contributed by atoms with Gasteiger partial charge in [0.2, 0.25) is 5.91 Å². The van der Waals surface area contributed by atoms with Gasteiger partial charge in [-0.2, -0.15) is 0 Å². The van der Waals surface area contributed by atoms with Gasteiger partial charge in [0.25, 0.3) is 0 Å². The number of hydrogen-bond donors (Lipinski definition) is 1. The third kappa shape index (κ3) is 4.85. The zero-order chi connectivity index (χ0) is 19.5. The van der Waals surface area contributed by atoms with Gasteiger partial charge in [-0.15, -0.1) is 21.5 Å². The number of hydrogen-bond acceptors (Lipinski definition) is 5. The molecule has 146 valence electrons. The van der Waals surface area contributed by atoms with Gasteiger partial charge in [0, 0.05) is 21.8 Å². The molecule has 1 aliphatic carbocycles. The summed E-state index contributed by atoms with van der Waals surface area (Å²) < 4.78 is 3.26. The second-order valence-electron chi connectivity index (χ2n) is 6.89. The summed E-state index contributed by atoms with van der Waals surface area (Å²) in [5.74, 6) is 1.34. The molecule has 0 bridgehead atoms. The molecule has 1 amide bonds. The lowest BCUT2D eigenvalue weighted by Gasteiger charge is -2.14. The summed E-state index contributed by atoms with van der Waals surface area (Å²) in [7, 11) is 0. The van der Waals surface area contributed by atoms with Crippen molar-refractivity contribution in [3.05, 3.63) is 62.5 Å². The molecule has 1 aliphatic rings. The molecule has 2 aromatic heterocycles. The number of halogens is 1. The highest BCUT2D eigenvalue weighted by atomic mass is 79.9. The van der Waals surface area contributed by atoms with Crippen LogP contribution in [0, 0.1) is 0 Å². The van der Waals surface area contributed by atoms with Crippen LogP contribution in [0.4, 0.5) is 0 Å². The van der Waals surface area contributed by atoms with Gasteiger partial charge in [0.05, 0.1) is 11.8 Å². The third-order valence-corrected chi connectivity index (χ3v) is 6.99. The van der Waals surface area contributed by atoms with Crippen LogP contribution < -0.4 is 5.32 Å². The average Bonchev–Trinajstić information content (AvgIpc) is 3.23. The number of amides is 1. The molecule has 2 heterocycles. The second-order valence-corrected chi connectivity index (χ2v) is 9.78. The summed E-state index contributed by atoms with van der Waals surface area (Å²) in [6.45, 7) is 2.00. The van der Waals surface area contributed by atoms with E-state index in [4.69, 9.17) is 0 Å². The Kier molecular flexibility index (Phi) is 6.18. The van der Waals surface area contributed by atoms with E-state index >= 15 is 0 Å². The Balaban J connectivity index is 1.37. The maximum absolute atomic E-state index is 12.4. The largest absolute Gasteiger partial charge is 0.349 e. The van der Waals surface area contributed by atoms with Crippen LogP contribution in [0.1, 0.15) is 48.1 Å². The van der Waals surface area contributed by atoms with Crippen molar-refractivity contribution in [3.63, 3.8) is 0 Å². The molecule has 28 heavy (non-hydrogen) atoms. The van der Waals surface area contributed by atoms with Crippen molar-refractivity contribution in [1.82, 2.24) is 20.1 Å². The van der Waals surface area contributed by atoms with Crippen LogP contribution in [-0.2, 0) is 11.2 Å². The summed E-state index contributed by atoms with van der Waals surface area (Å²) in [6.07, 6.45) is 3.13. The fraction of sp³-hybridized carbons (Fsp3) is 0.350. The van der Waals surface area contributed by atoms with Gasteiger partial charge in [-0.3, -0.25) is 4.79 Å². The molecule has 3 aromatic rings. The number of carbonyl (C=O) groups excluding carboxylic acids is 1. The Bertz CT molecular complexity index is 936. The Labute approximate surface area is 181 Å². The van der Waals surface area contributed by atoms with E-state index in [2.05, 4.69) is 53.5 Å². The monoisotopic (exact) mass is 476 g/mol. The first kappa shape index (κ1) is 19.7. The van der Waals surface area contributed by atoms with Crippen LogP contribution in [0.3, 0.4) is 0 Å². The van der Waals surface area contributed by atoms with Gasteiger partial charge >= 0.3 is 0 Å². The van der Waals surface area contributed by atoms with Gasteiger partial charge < -0.3 is 9.88 Å². The van der Waals surface area contributed by atoms with Crippen LogP contribution in [0.5, 0.6) is 0 Å². The summed E-state index contributed by atoms with van der Waals surface area (Å²) in [5, 5.41) is 14.8. The van der Waals surface area contributed by atoms with Crippen molar-refractivity contribution < 1.29 is 4.79 Å². The van der Waals surface area contributed by atoms with E-state index in [9.17, 15) is 4.79 Å². The van der Waals surface area contributed by atoms with E-state index in [-0.39, 0.29) is 11.9 Å². The van der Waals surface area contributed by atoms with Crippen molar-refractivity contribution in [2.24, 2.45) is 0 Å². The normalized spacial score (nSPS) is 14.8. The second kappa shape index (κ2) is 8.80. The van der Waals surface area contributed by atoms with E-state index in [0.29, 0.717) is 11.8 Å². The van der Waals surface area contributed by atoms with Gasteiger partial charge in [-0.1, -0.05) is 45.9 Å². The minimum Gasteiger partial charge on any atom is -0.349 e. The van der Waals surface area contributed by atoms with Crippen LogP contribution in [0.15, 0.2) is 51.4 Å². The molecule has 1 fully saturated rings. The topological polar surface area (TPSA) is 59.8 Å². The summed E-state index contributed by atoms with van der Waals surface area (Å²) >= 11 is 6.64. The lowest BCUT2D eigenvalue weighted by molar-refractivity contribution is -0.119. The lowest BCUT2D eigenvalue weighted by atomic mass is 10.1. The number of nitrogens with one attached hydrogen (secondary N) is 1. The predicted octanol–water partition coefficient (Wildman–Crippen LogP) is 5.00. The van der Waals surface area contributed by atoms with E-state index in [1.807, 2.05) is 31.2 Å². The predicted molar refractivity (Wildman–Crippen MR) is 117 cm³/mol. The number of carbonyl (C=O) groups is 1. The standard InChI is InChI=1S/C20H21BrN4OS2/c1-13(14-4-6-15(21)7-5-14)22-19(26)12-28-20-24-23-18(25(20)16-8-9-16)11-17-3-2-10-27-17/h2-7,10,13,16H,8-9,11-12H2,1H3,(H,22,26)/t13-/m0/s1. The number of nitrogens with zero attached hydrogens (tertiary/aromatic N) is 3. The molecule has 1 atom stereocenters. The van der Waals surface area contributed by atoms with Gasteiger partial charge in [-0.25, -0.2) is 0 Å². The summed E-state index contributed by atoms with van der Waals surface area (Å²) in [5.41, 5.74) is 1.08. The molecule has 4 rings (SSSR count). The van der Waals surface area contributed by atoms with Crippen LogP contribution in [0.2, 0.25) is 0 Å². The molecule has 8 heteroatoms. The van der Waals surface area contributed by atoms with Crippen molar-refractivity contribution in [2.45, 2.75) is 43.4 Å². The lowest BCUT2D eigenvalue weighted by Crippen LogP contribution is -2.28. The van der Waals surface area contributed by atoms with E-state index in [1.165, 1.54) is 16.6 Å². The van der Waals surface area contributed by atoms with Crippen LogP contribution in [-0.4, -0.2) is 26.4 Å². The van der Waals surface area contributed by atoms with Gasteiger partial charge in [0.15, 0.2) is 5.16 Å². The number of aromatic nitrogens is 3. The van der Waals surface area contributed by atoms with Crippen molar-refractivity contribution >= 4 is 44.9 Å². The number of rotatable bonds is 8. The minimum absolute atomic E-state index is 0.00516. The Morgan fingerprint density at radius 2 is 2.11 bits per heavy atom. The number of benzene rings is 1. The van der Waals surface area contributed by atoms with Gasteiger partial charge in [0.1, 0.15) is 5.82 Å². The van der Waals surface area contributed by atoms with E-state index in [1.54, 1.807) is 11.3 Å². The fourth-order valence-corrected chi connectivity index (χ4v) is 4.84. The number of thioether (sulfide) groups is 1. The molecule has 0 radical (unpaired) electrons. The molecule has 0 aliphatic heterocycles. The molecule has 0 unspecified atom stereocenters. The van der Waals surface area contributed by atoms with Crippen LogP contribution in [0.25, 0.3) is 0 Å². The van der Waals surface area contributed by atoms with Gasteiger partial charge in [-0.05, 0) is 48.9 Å². The summed E-state index contributed by atoms with van der Waals surface area (Å²) in [6, 6.07) is 12.6. The Morgan fingerprint density at radius 3 is 2.79 bits per heavy atom. The van der Waals surface area contributed by atoms with E-state index in [0.717, 1.165) is 40.3 Å². The maximum atomic E-state index is 12.4. The minimum atomic E-state index is -0.0307. The molecular weight excluding hydrogens is 456 g/mol. The third-order valence-electron chi connectivity index (χ3n) is 4.64. The molecule has 5 nitrogen and oxygen atoms in total. The molecule has 1 N–H and O–H groups in total. The fourth-order valence-electron chi connectivity index (χ4n) is 3.04. The first-order valence-electron chi connectivity index (χ1n) is 9.24. The molecule has 1 aromatic carbocycles. The summed E-state index contributed by atoms with van der Waals surface area (Å²) in [4.78, 5) is 13.7. The Morgan fingerprint density at radius 1 is 1.32 bits per heavy atom. The van der Waals surface area contributed by atoms with Crippen molar-refractivity contribution in [3.8, 4) is 0 Å². The number of thiophene rings is 1. The molecule has 1 saturated carbocycles. The maximum Gasteiger partial charge on any atom is 0.230 e. The van der Waals surface area contributed by atoms with Crippen molar-refractivity contribution in [2.75, 3.05) is 5.75 Å². The molecular formula is C20H21BrN4OS2. The average molecular weight is 477 g/mol. The smallest absolute Gasteiger partial charge is 0.230 e. The highest BCUT2D eigenvalue weighted by molar-refractivity contribution is 9.10. The first-order chi connectivity index (χ1) is 13.6. The molecule has 0 saturated heterocycles. The van der Waals surface area contributed by atoms with E-state index < -0.39 is 0 Å². The zero-order valence-electron chi connectivity index (χ0n) is 15.5. The quantitative estimate of drug-likeness (QED) is 0.464. The molecule has 0 spiro atoms. The zero-order valence-corrected chi connectivity index (χ0v) is 18.7. The highest BCUT2D eigenvalue weighted by Gasteiger charge is 2.30. The first-order valence-corrected chi connectivity index (χ1v) is 11.9. The Hall–Kier alpha value is -1.64. The highest BCUT2D eigenvalue weighted by Crippen LogP contribution is 2.39. The SMILES string of the molecule is C[C@H](NC(=O)CSc1nnc(Cc2cccs2)n1C1CC1)c1ccc(Br)cc1. The van der Waals surface area contributed by atoms with Crippen LogP contribution >= 0.6 is 39.0 Å².